The normalized spacial score (nSPS) is 23.6. The van der Waals surface area contributed by atoms with Crippen LogP contribution in [0.1, 0.15) is 30.4 Å². The third-order valence-electron chi connectivity index (χ3n) is 3.46. The summed E-state index contributed by atoms with van der Waals surface area (Å²) in [6.07, 6.45) is 2.98. The quantitative estimate of drug-likeness (QED) is 0.834. The number of benzene rings is 1. The average molecular weight is 232 g/mol. The molecule has 0 aliphatic heterocycles. The first kappa shape index (κ1) is 12.1. The molecule has 1 aliphatic rings. The molecule has 2 atom stereocenters. The molecule has 0 aromatic heterocycles. The Morgan fingerprint density at radius 3 is 2.94 bits per heavy atom. The van der Waals surface area contributed by atoms with Crippen LogP contribution in [0.15, 0.2) is 24.3 Å². The monoisotopic (exact) mass is 232 g/mol. The fourth-order valence-electron chi connectivity index (χ4n) is 2.46. The summed E-state index contributed by atoms with van der Waals surface area (Å²) in [6.45, 7) is 2.65. The predicted molar refractivity (Wildman–Crippen MR) is 68.3 cm³/mol. The van der Waals surface area contributed by atoms with Crippen LogP contribution in [-0.4, -0.2) is 11.9 Å². The van der Waals surface area contributed by atoms with Crippen LogP contribution in [0.3, 0.4) is 0 Å². The molecule has 2 unspecified atom stereocenters. The molecule has 1 fully saturated rings. The molecule has 2 rings (SSSR count). The van der Waals surface area contributed by atoms with Crippen molar-refractivity contribution < 1.29 is 4.79 Å². The van der Waals surface area contributed by atoms with Crippen LogP contribution in [0.5, 0.6) is 0 Å². The molecular formula is C14H20N2O. The van der Waals surface area contributed by atoms with E-state index in [1.807, 2.05) is 12.1 Å². The lowest BCUT2D eigenvalue weighted by Crippen LogP contribution is -2.38. The third-order valence-corrected chi connectivity index (χ3v) is 3.46. The van der Waals surface area contributed by atoms with Crippen LogP contribution in [0, 0.1) is 12.8 Å². The van der Waals surface area contributed by atoms with Crippen molar-refractivity contribution in [3.8, 4) is 0 Å². The molecule has 0 heterocycles. The zero-order valence-corrected chi connectivity index (χ0v) is 10.3. The maximum absolute atomic E-state index is 11.9. The second kappa shape index (κ2) is 5.32. The van der Waals surface area contributed by atoms with Crippen LogP contribution in [0.25, 0.3) is 0 Å². The lowest BCUT2D eigenvalue weighted by Gasteiger charge is -2.15. The number of hydrogen-bond acceptors (Lipinski definition) is 2. The zero-order chi connectivity index (χ0) is 12.3. The van der Waals surface area contributed by atoms with Gasteiger partial charge in [-0.2, -0.15) is 0 Å². The number of nitrogens with two attached hydrogens (primary N) is 1. The highest BCUT2D eigenvalue weighted by atomic mass is 16.1. The summed E-state index contributed by atoms with van der Waals surface area (Å²) in [7, 11) is 0. The Kier molecular flexibility index (Phi) is 3.79. The second-order valence-electron chi connectivity index (χ2n) is 4.91. The molecule has 0 spiro atoms. The molecular weight excluding hydrogens is 212 g/mol. The molecule has 1 aromatic rings. The van der Waals surface area contributed by atoms with E-state index >= 15 is 0 Å². The van der Waals surface area contributed by atoms with E-state index in [0.29, 0.717) is 6.54 Å². The van der Waals surface area contributed by atoms with E-state index in [1.54, 1.807) is 0 Å². The van der Waals surface area contributed by atoms with Crippen LogP contribution in [0.2, 0.25) is 0 Å². The van der Waals surface area contributed by atoms with Crippen molar-refractivity contribution >= 4 is 5.91 Å². The lowest BCUT2D eigenvalue weighted by molar-refractivity contribution is -0.125. The first-order chi connectivity index (χ1) is 8.16. The minimum atomic E-state index is 0.0137. The van der Waals surface area contributed by atoms with Crippen LogP contribution in [-0.2, 0) is 11.3 Å². The Morgan fingerprint density at radius 1 is 1.47 bits per heavy atom. The SMILES string of the molecule is Cc1cccc(CNC(=O)C2CCCC2N)c1. The van der Waals surface area contributed by atoms with E-state index in [0.717, 1.165) is 24.8 Å². The molecule has 1 saturated carbocycles. The van der Waals surface area contributed by atoms with Gasteiger partial charge in [0.15, 0.2) is 0 Å². The Balaban J connectivity index is 1.88. The Labute approximate surface area is 102 Å². The fourth-order valence-corrected chi connectivity index (χ4v) is 2.46. The van der Waals surface area contributed by atoms with Gasteiger partial charge in [-0.25, -0.2) is 0 Å². The summed E-state index contributed by atoms with van der Waals surface area (Å²) in [4.78, 5) is 11.9. The van der Waals surface area contributed by atoms with Gasteiger partial charge in [0.05, 0.1) is 5.92 Å². The maximum atomic E-state index is 11.9. The third kappa shape index (κ3) is 3.07. The highest BCUT2D eigenvalue weighted by Gasteiger charge is 2.29. The number of carbonyl (C=O) groups excluding carboxylic acids is 1. The minimum absolute atomic E-state index is 0.0137. The van der Waals surface area contributed by atoms with Gasteiger partial charge in [0.1, 0.15) is 0 Å². The van der Waals surface area contributed by atoms with Gasteiger partial charge in [-0.05, 0) is 25.3 Å². The largest absolute Gasteiger partial charge is 0.352 e. The second-order valence-corrected chi connectivity index (χ2v) is 4.91. The van der Waals surface area contributed by atoms with Crippen molar-refractivity contribution in [3.05, 3.63) is 35.4 Å². The standard InChI is InChI=1S/C14H20N2O/c1-10-4-2-5-11(8-10)9-16-14(17)12-6-3-7-13(12)15/h2,4-5,8,12-13H,3,6-7,9,15H2,1H3,(H,16,17). The maximum Gasteiger partial charge on any atom is 0.224 e. The molecule has 0 bridgehead atoms. The highest BCUT2D eigenvalue weighted by molar-refractivity contribution is 5.79. The summed E-state index contributed by atoms with van der Waals surface area (Å²) < 4.78 is 0. The first-order valence-corrected chi connectivity index (χ1v) is 6.25. The van der Waals surface area contributed by atoms with Gasteiger partial charge in [0, 0.05) is 12.6 Å². The lowest BCUT2D eigenvalue weighted by atomic mass is 10.0. The van der Waals surface area contributed by atoms with Gasteiger partial charge in [-0.15, -0.1) is 0 Å². The number of hydrogen-bond donors (Lipinski definition) is 2. The molecule has 3 nitrogen and oxygen atoms in total. The highest BCUT2D eigenvalue weighted by Crippen LogP contribution is 2.24. The van der Waals surface area contributed by atoms with Gasteiger partial charge < -0.3 is 11.1 Å². The molecule has 3 N–H and O–H groups in total. The van der Waals surface area contributed by atoms with Gasteiger partial charge in [0.2, 0.25) is 5.91 Å². The Bertz CT molecular complexity index is 403. The molecule has 1 aromatic carbocycles. The van der Waals surface area contributed by atoms with Crippen molar-refractivity contribution in [3.63, 3.8) is 0 Å². The Hall–Kier alpha value is -1.35. The van der Waals surface area contributed by atoms with E-state index in [9.17, 15) is 4.79 Å². The molecule has 17 heavy (non-hydrogen) atoms. The van der Waals surface area contributed by atoms with E-state index in [2.05, 4.69) is 24.4 Å². The summed E-state index contributed by atoms with van der Waals surface area (Å²) in [5.74, 6) is 0.122. The van der Waals surface area contributed by atoms with Crippen molar-refractivity contribution in [1.29, 1.82) is 0 Å². The van der Waals surface area contributed by atoms with Crippen LogP contribution >= 0.6 is 0 Å². The topological polar surface area (TPSA) is 55.1 Å². The number of nitrogens with one attached hydrogen (secondary N) is 1. The number of carbonyl (C=O) groups is 1. The Morgan fingerprint density at radius 2 is 2.29 bits per heavy atom. The summed E-state index contributed by atoms with van der Waals surface area (Å²) in [5, 5.41) is 2.98. The molecule has 3 heteroatoms. The van der Waals surface area contributed by atoms with Crippen molar-refractivity contribution in [2.45, 2.75) is 38.8 Å². The van der Waals surface area contributed by atoms with Gasteiger partial charge >= 0.3 is 0 Å². The zero-order valence-electron chi connectivity index (χ0n) is 10.3. The van der Waals surface area contributed by atoms with Crippen LogP contribution in [0.4, 0.5) is 0 Å². The smallest absolute Gasteiger partial charge is 0.224 e. The summed E-state index contributed by atoms with van der Waals surface area (Å²) >= 11 is 0. The predicted octanol–water partition coefficient (Wildman–Crippen LogP) is 1.74. The van der Waals surface area contributed by atoms with Crippen molar-refractivity contribution in [2.24, 2.45) is 11.7 Å². The van der Waals surface area contributed by atoms with Gasteiger partial charge in [0.25, 0.3) is 0 Å². The molecule has 1 amide bonds. The molecule has 92 valence electrons. The average Bonchev–Trinajstić information content (AvgIpc) is 2.72. The first-order valence-electron chi connectivity index (χ1n) is 6.25. The van der Waals surface area contributed by atoms with E-state index in [1.165, 1.54) is 5.56 Å². The molecule has 0 saturated heterocycles. The number of aryl methyl sites for hydroxylation is 1. The van der Waals surface area contributed by atoms with Gasteiger partial charge in [-0.3, -0.25) is 4.79 Å². The fraction of sp³-hybridized carbons (Fsp3) is 0.500. The number of rotatable bonds is 3. The summed E-state index contributed by atoms with van der Waals surface area (Å²) in [6, 6.07) is 8.24. The minimum Gasteiger partial charge on any atom is -0.352 e. The van der Waals surface area contributed by atoms with Gasteiger partial charge in [-0.1, -0.05) is 36.2 Å². The molecule has 0 radical (unpaired) electrons. The molecule has 1 aliphatic carbocycles. The number of amides is 1. The van der Waals surface area contributed by atoms with Crippen LogP contribution < -0.4 is 11.1 Å². The van der Waals surface area contributed by atoms with E-state index in [4.69, 9.17) is 5.73 Å². The van der Waals surface area contributed by atoms with Crippen molar-refractivity contribution in [2.75, 3.05) is 0 Å². The van der Waals surface area contributed by atoms with Crippen molar-refractivity contribution in [1.82, 2.24) is 5.32 Å². The van der Waals surface area contributed by atoms with E-state index < -0.39 is 0 Å². The summed E-state index contributed by atoms with van der Waals surface area (Å²) in [5.41, 5.74) is 8.27. The van der Waals surface area contributed by atoms with E-state index in [-0.39, 0.29) is 17.9 Å².